The van der Waals surface area contributed by atoms with E-state index in [0.29, 0.717) is 0 Å². The van der Waals surface area contributed by atoms with Crippen LogP contribution in [-0.2, 0) is 0 Å². The van der Waals surface area contributed by atoms with E-state index >= 15 is 0 Å². The van der Waals surface area contributed by atoms with E-state index < -0.39 is 0 Å². The molecule has 11 heavy (non-hydrogen) atoms. The van der Waals surface area contributed by atoms with Crippen LogP contribution in [0.2, 0.25) is 0 Å². The summed E-state index contributed by atoms with van der Waals surface area (Å²) in [6.07, 6.45) is 10.4. The Morgan fingerprint density at radius 3 is 2.91 bits per heavy atom. The number of rotatable bonds is 2. The Balaban J connectivity index is 1.58. The number of hydrogen-bond donors (Lipinski definition) is 1. The topological polar surface area (TPSA) is 12.0 Å². The van der Waals surface area contributed by atoms with Gasteiger partial charge in [-0.1, -0.05) is 12.2 Å². The smallest absolute Gasteiger partial charge is 0.0112 e. The molecule has 0 radical (unpaired) electrons. The van der Waals surface area contributed by atoms with Gasteiger partial charge in [-0.25, -0.2) is 0 Å². The lowest BCUT2D eigenvalue weighted by Crippen LogP contribution is -2.48. The molecule has 2 fully saturated rings. The van der Waals surface area contributed by atoms with Crippen LogP contribution in [-0.4, -0.2) is 12.1 Å². The second-order valence-corrected chi connectivity index (χ2v) is 4.27. The quantitative estimate of drug-likeness (QED) is 0.589. The lowest BCUT2D eigenvalue weighted by atomic mass is 9.71. The molecule has 0 aromatic heterocycles. The van der Waals surface area contributed by atoms with Gasteiger partial charge in [0.05, 0.1) is 0 Å². The van der Waals surface area contributed by atoms with E-state index in [0.717, 1.165) is 23.9 Å². The fourth-order valence-corrected chi connectivity index (χ4v) is 2.46. The normalized spacial score (nSPS) is 47.1. The summed E-state index contributed by atoms with van der Waals surface area (Å²) in [4.78, 5) is 0. The molecule has 3 aliphatic rings. The molecule has 0 saturated heterocycles. The number of nitrogens with one attached hydrogen (secondary N) is 1. The van der Waals surface area contributed by atoms with Gasteiger partial charge in [-0.3, -0.25) is 0 Å². The highest BCUT2D eigenvalue weighted by Gasteiger charge is 2.42. The van der Waals surface area contributed by atoms with Gasteiger partial charge in [0.25, 0.3) is 0 Å². The second kappa shape index (κ2) is 2.10. The molecule has 0 bridgehead atoms. The van der Waals surface area contributed by atoms with Crippen molar-refractivity contribution >= 4 is 0 Å². The fourth-order valence-electron chi connectivity index (χ4n) is 2.46. The highest BCUT2D eigenvalue weighted by Crippen LogP contribution is 2.43. The maximum Gasteiger partial charge on any atom is 0.0112 e. The van der Waals surface area contributed by atoms with Crippen LogP contribution in [0.4, 0.5) is 0 Å². The minimum absolute atomic E-state index is 0.877. The minimum atomic E-state index is 0.877. The Hall–Kier alpha value is -0.300. The molecule has 3 aliphatic carbocycles. The maximum atomic E-state index is 3.72. The van der Waals surface area contributed by atoms with Gasteiger partial charge in [-0.2, -0.15) is 0 Å². The predicted molar refractivity (Wildman–Crippen MR) is 45.3 cm³/mol. The van der Waals surface area contributed by atoms with Crippen LogP contribution in [0.5, 0.6) is 0 Å². The lowest BCUT2D eigenvalue weighted by Gasteiger charge is -2.41. The molecular weight excluding hydrogens is 134 g/mol. The molecule has 1 unspecified atom stereocenters. The SMILES string of the molecule is C1=C[C@H]2C[C@@H](NC3CC3)C2C1. The van der Waals surface area contributed by atoms with Crippen molar-refractivity contribution in [3.63, 3.8) is 0 Å². The molecule has 0 aromatic carbocycles. The molecule has 60 valence electrons. The van der Waals surface area contributed by atoms with Crippen LogP contribution in [0.25, 0.3) is 0 Å². The summed E-state index contributed by atoms with van der Waals surface area (Å²) in [5, 5.41) is 3.72. The lowest BCUT2D eigenvalue weighted by molar-refractivity contribution is 0.158. The van der Waals surface area contributed by atoms with Crippen LogP contribution in [0, 0.1) is 11.8 Å². The van der Waals surface area contributed by atoms with E-state index in [4.69, 9.17) is 0 Å². The van der Waals surface area contributed by atoms with E-state index in [1.54, 1.807) is 0 Å². The van der Waals surface area contributed by atoms with Crippen molar-refractivity contribution in [3.8, 4) is 0 Å². The first-order valence-corrected chi connectivity index (χ1v) is 4.86. The summed E-state index contributed by atoms with van der Waals surface area (Å²) < 4.78 is 0. The summed E-state index contributed by atoms with van der Waals surface area (Å²) in [5.74, 6) is 1.93. The molecule has 3 rings (SSSR count). The van der Waals surface area contributed by atoms with Gasteiger partial charge in [-0.15, -0.1) is 0 Å². The van der Waals surface area contributed by atoms with Crippen LogP contribution in [0.3, 0.4) is 0 Å². The van der Waals surface area contributed by atoms with Crippen molar-refractivity contribution in [3.05, 3.63) is 12.2 Å². The Labute approximate surface area is 67.9 Å². The first-order chi connectivity index (χ1) is 5.43. The van der Waals surface area contributed by atoms with Crippen molar-refractivity contribution in [2.24, 2.45) is 11.8 Å². The average Bonchev–Trinajstić information content (AvgIpc) is 2.71. The third-order valence-electron chi connectivity index (χ3n) is 3.41. The van der Waals surface area contributed by atoms with Crippen LogP contribution < -0.4 is 5.32 Å². The van der Waals surface area contributed by atoms with Crippen LogP contribution in [0.15, 0.2) is 12.2 Å². The van der Waals surface area contributed by atoms with Gasteiger partial charge in [0, 0.05) is 12.1 Å². The number of fused-ring (bicyclic) bond motifs is 1. The van der Waals surface area contributed by atoms with Crippen molar-refractivity contribution in [1.29, 1.82) is 0 Å². The van der Waals surface area contributed by atoms with Gasteiger partial charge in [0.15, 0.2) is 0 Å². The Kier molecular flexibility index (Phi) is 1.19. The van der Waals surface area contributed by atoms with Gasteiger partial charge in [0.2, 0.25) is 0 Å². The van der Waals surface area contributed by atoms with Crippen molar-refractivity contribution < 1.29 is 0 Å². The van der Waals surface area contributed by atoms with Crippen molar-refractivity contribution in [2.45, 2.75) is 37.8 Å². The monoisotopic (exact) mass is 149 g/mol. The molecule has 0 heterocycles. The zero-order chi connectivity index (χ0) is 7.26. The predicted octanol–water partition coefficient (Wildman–Crippen LogP) is 1.70. The van der Waals surface area contributed by atoms with E-state index in [1.165, 1.54) is 25.7 Å². The summed E-state index contributed by atoms with van der Waals surface area (Å²) in [6, 6.07) is 1.78. The van der Waals surface area contributed by atoms with Gasteiger partial charge < -0.3 is 5.32 Å². The zero-order valence-corrected chi connectivity index (χ0v) is 6.79. The summed E-state index contributed by atoms with van der Waals surface area (Å²) in [6.45, 7) is 0. The molecule has 3 atom stereocenters. The molecule has 1 N–H and O–H groups in total. The van der Waals surface area contributed by atoms with Gasteiger partial charge in [-0.05, 0) is 37.5 Å². The Morgan fingerprint density at radius 2 is 2.18 bits per heavy atom. The summed E-state index contributed by atoms with van der Waals surface area (Å²) in [7, 11) is 0. The first-order valence-electron chi connectivity index (χ1n) is 4.86. The molecule has 0 amide bonds. The highest BCUT2D eigenvalue weighted by molar-refractivity contribution is 5.13. The summed E-state index contributed by atoms with van der Waals surface area (Å²) in [5.41, 5.74) is 0. The Bertz CT molecular complexity index is 193. The summed E-state index contributed by atoms with van der Waals surface area (Å²) >= 11 is 0. The molecule has 2 saturated carbocycles. The van der Waals surface area contributed by atoms with E-state index in [9.17, 15) is 0 Å². The third kappa shape index (κ3) is 0.943. The van der Waals surface area contributed by atoms with Crippen LogP contribution >= 0.6 is 0 Å². The van der Waals surface area contributed by atoms with E-state index in [1.807, 2.05) is 0 Å². The van der Waals surface area contributed by atoms with E-state index in [2.05, 4.69) is 17.5 Å². The molecule has 0 aromatic rings. The highest BCUT2D eigenvalue weighted by atomic mass is 15.0. The fraction of sp³-hybridized carbons (Fsp3) is 0.800. The molecule has 1 heteroatoms. The first kappa shape index (κ1) is 6.24. The standard InChI is InChI=1S/C10H15N/c1-2-7-6-10(9(7)3-1)11-8-4-5-8/h1-2,7-11H,3-6H2/t7-,9?,10+/m0/s1. The van der Waals surface area contributed by atoms with Gasteiger partial charge >= 0.3 is 0 Å². The molecule has 0 aliphatic heterocycles. The minimum Gasteiger partial charge on any atom is -0.311 e. The van der Waals surface area contributed by atoms with Crippen molar-refractivity contribution in [1.82, 2.24) is 5.32 Å². The zero-order valence-electron chi connectivity index (χ0n) is 6.79. The van der Waals surface area contributed by atoms with Gasteiger partial charge in [0.1, 0.15) is 0 Å². The van der Waals surface area contributed by atoms with Crippen LogP contribution in [0.1, 0.15) is 25.7 Å². The van der Waals surface area contributed by atoms with E-state index in [-0.39, 0.29) is 0 Å². The van der Waals surface area contributed by atoms with Crippen molar-refractivity contribution in [2.75, 3.05) is 0 Å². The number of allylic oxidation sites excluding steroid dienone is 2. The maximum absolute atomic E-state index is 3.72. The second-order valence-electron chi connectivity index (χ2n) is 4.27. The Morgan fingerprint density at radius 1 is 1.27 bits per heavy atom. The third-order valence-corrected chi connectivity index (χ3v) is 3.41. The average molecular weight is 149 g/mol. The largest absolute Gasteiger partial charge is 0.311 e. The number of hydrogen-bond acceptors (Lipinski definition) is 1. The molecule has 0 spiro atoms. The molecular formula is C10H15N. The molecule has 1 nitrogen and oxygen atoms in total.